The van der Waals surface area contributed by atoms with Gasteiger partial charge in [-0.15, -0.1) is 0 Å². The lowest BCUT2D eigenvalue weighted by Crippen LogP contribution is -2.51. The Kier molecular flexibility index (Phi) is 4.83. The normalized spacial score (nSPS) is 16.8. The number of carbonyl (C=O) groups excluding carboxylic acids is 1. The third kappa shape index (κ3) is 3.60. The van der Waals surface area contributed by atoms with E-state index >= 15 is 0 Å². The summed E-state index contributed by atoms with van der Waals surface area (Å²) in [6.07, 6.45) is 2.77. The van der Waals surface area contributed by atoms with Crippen molar-refractivity contribution in [3.63, 3.8) is 0 Å². The molecule has 3 heterocycles. The van der Waals surface area contributed by atoms with E-state index in [4.69, 9.17) is 9.47 Å². The minimum atomic E-state index is -3.30. The van der Waals surface area contributed by atoms with Crippen LogP contribution in [0.4, 0.5) is 0 Å². The molecule has 0 bridgehead atoms. The molecule has 0 spiro atoms. The van der Waals surface area contributed by atoms with Crippen molar-refractivity contribution in [3.8, 4) is 17.2 Å². The fraction of sp³-hybridized carbons (Fsp3) is 0.368. The van der Waals surface area contributed by atoms with E-state index in [0.29, 0.717) is 22.7 Å². The summed E-state index contributed by atoms with van der Waals surface area (Å²) in [5.74, 6) is 0.754. The van der Waals surface area contributed by atoms with Gasteiger partial charge in [-0.3, -0.25) is 14.2 Å². The number of hydrogen-bond donors (Lipinski definition) is 0. The van der Waals surface area contributed by atoms with Gasteiger partial charge in [-0.25, -0.2) is 8.42 Å². The molecule has 29 heavy (non-hydrogen) atoms. The second-order valence-corrected chi connectivity index (χ2v) is 9.02. The highest BCUT2D eigenvalue weighted by Crippen LogP contribution is 2.33. The average Bonchev–Trinajstić information content (AvgIpc) is 3.15. The monoisotopic (exact) mass is 419 g/mol. The maximum absolute atomic E-state index is 13.1. The SMILES string of the molecule is Cc1ccn(-c2ccc3c(c2)OCO3)c(=O)c1C(=O)N1CCN(S(C)(=O)=O)CC1. The molecule has 0 aliphatic carbocycles. The predicted octanol–water partition coefficient (Wildman–Crippen LogP) is 0.592. The Hall–Kier alpha value is -2.85. The molecule has 2 aliphatic heterocycles. The van der Waals surface area contributed by atoms with Gasteiger partial charge in [0.2, 0.25) is 16.8 Å². The molecule has 9 nitrogen and oxygen atoms in total. The number of fused-ring (bicyclic) bond motifs is 1. The van der Waals surface area contributed by atoms with Crippen LogP contribution in [0.2, 0.25) is 0 Å². The van der Waals surface area contributed by atoms with Crippen molar-refractivity contribution in [1.82, 2.24) is 13.8 Å². The number of rotatable bonds is 3. The van der Waals surface area contributed by atoms with Crippen molar-refractivity contribution in [2.45, 2.75) is 6.92 Å². The number of pyridine rings is 1. The lowest BCUT2D eigenvalue weighted by molar-refractivity contribution is 0.0695. The quantitative estimate of drug-likeness (QED) is 0.722. The van der Waals surface area contributed by atoms with Gasteiger partial charge in [-0.2, -0.15) is 4.31 Å². The molecule has 2 aliphatic rings. The van der Waals surface area contributed by atoms with Gasteiger partial charge >= 0.3 is 0 Å². The number of amides is 1. The van der Waals surface area contributed by atoms with Gasteiger partial charge in [0.25, 0.3) is 11.5 Å². The minimum absolute atomic E-state index is 0.0815. The van der Waals surface area contributed by atoms with Crippen LogP contribution in [0, 0.1) is 6.92 Å². The number of hydrogen-bond acceptors (Lipinski definition) is 6. The van der Waals surface area contributed by atoms with Gasteiger partial charge in [0.1, 0.15) is 5.56 Å². The minimum Gasteiger partial charge on any atom is -0.454 e. The van der Waals surface area contributed by atoms with E-state index in [0.717, 1.165) is 6.26 Å². The maximum atomic E-state index is 13.1. The van der Waals surface area contributed by atoms with Crippen molar-refractivity contribution < 1.29 is 22.7 Å². The third-order valence-electron chi connectivity index (χ3n) is 5.14. The largest absolute Gasteiger partial charge is 0.454 e. The third-order valence-corrected chi connectivity index (χ3v) is 6.45. The second-order valence-electron chi connectivity index (χ2n) is 7.04. The number of sulfonamides is 1. The van der Waals surface area contributed by atoms with Crippen LogP contribution in [0.25, 0.3) is 5.69 Å². The molecule has 0 N–H and O–H groups in total. The molecule has 1 aromatic carbocycles. The number of aryl methyl sites for hydroxylation is 1. The molecule has 1 aromatic heterocycles. The van der Waals surface area contributed by atoms with Gasteiger partial charge < -0.3 is 14.4 Å². The highest BCUT2D eigenvalue weighted by atomic mass is 32.2. The second kappa shape index (κ2) is 7.20. The molecule has 1 saturated heterocycles. The van der Waals surface area contributed by atoms with Crippen LogP contribution in [-0.4, -0.2) is 67.3 Å². The van der Waals surface area contributed by atoms with E-state index in [1.807, 2.05) is 0 Å². The molecular formula is C19H21N3O6S. The lowest BCUT2D eigenvalue weighted by Gasteiger charge is -2.33. The van der Waals surface area contributed by atoms with Crippen LogP contribution in [-0.2, 0) is 10.0 Å². The fourth-order valence-electron chi connectivity index (χ4n) is 3.51. The van der Waals surface area contributed by atoms with E-state index in [2.05, 4.69) is 0 Å². The molecule has 0 saturated carbocycles. The molecule has 0 radical (unpaired) electrons. The number of aromatic nitrogens is 1. The average molecular weight is 419 g/mol. The summed E-state index contributed by atoms with van der Waals surface area (Å²) >= 11 is 0. The first kappa shape index (κ1) is 19.5. The smallest absolute Gasteiger partial charge is 0.268 e. The van der Waals surface area contributed by atoms with Crippen LogP contribution < -0.4 is 15.0 Å². The topological polar surface area (TPSA) is 98.2 Å². The van der Waals surface area contributed by atoms with Crippen molar-refractivity contribution >= 4 is 15.9 Å². The standard InChI is InChI=1S/C19H21N3O6S/c1-13-5-6-22(14-3-4-15-16(11-14)28-12-27-15)19(24)17(13)18(23)20-7-9-21(10-8-20)29(2,25)26/h3-6,11H,7-10,12H2,1-2H3. The first-order valence-corrected chi connectivity index (χ1v) is 11.0. The Morgan fingerprint density at radius 2 is 1.72 bits per heavy atom. The van der Waals surface area contributed by atoms with Gasteiger partial charge in [0.05, 0.1) is 11.9 Å². The first-order chi connectivity index (χ1) is 13.8. The molecule has 0 atom stereocenters. The number of benzene rings is 1. The zero-order valence-electron chi connectivity index (χ0n) is 16.1. The van der Waals surface area contributed by atoms with E-state index in [-0.39, 0.29) is 38.5 Å². The molecule has 2 aromatic rings. The Balaban J connectivity index is 1.64. The summed E-state index contributed by atoms with van der Waals surface area (Å²) < 4.78 is 36.7. The molecule has 154 valence electrons. The summed E-state index contributed by atoms with van der Waals surface area (Å²) in [4.78, 5) is 27.7. The molecule has 1 fully saturated rings. The van der Waals surface area contributed by atoms with Crippen LogP contribution in [0.15, 0.2) is 35.3 Å². The van der Waals surface area contributed by atoms with Crippen LogP contribution in [0.3, 0.4) is 0 Å². The Morgan fingerprint density at radius 3 is 2.41 bits per heavy atom. The Morgan fingerprint density at radius 1 is 1.03 bits per heavy atom. The Labute approximate surface area is 168 Å². The highest BCUT2D eigenvalue weighted by Gasteiger charge is 2.29. The van der Waals surface area contributed by atoms with Crippen LogP contribution in [0.1, 0.15) is 15.9 Å². The number of ether oxygens (including phenoxy) is 2. The number of piperazine rings is 1. The Bertz CT molecular complexity index is 1130. The van der Waals surface area contributed by atoms with E-state index in [9.17, 15) is 18.0 Å². The zero-order chi connectivity index (χ0) is 20.8. The van der Waals surface area contributed by atoms with Crippen molar-refractivity contribution in [2.24, 2.45) is 0 Å². The van der Waals surface area contributed by atoms with Gasteiger partial charge in [-0.05, 0) is 30.7 Å². The summed E-state index contributed by atoms with van der Waals surface area (Å²) in [5, 5.41) is 0. The van der Waals surface area contributed by atoms with Crippen LogP contribution >= 0.6 is 0 Å². The molecule has 0 unspecified atom stereocenters. The van der Waals surface area contributed by atoms with Crippen LogP contribution in [0.5, 0.6) is 11.5 Å². The lowest BCUT2D eigenvalue weighted by atomic mass is 10.1. The summed E-state index contributed by atoms with van der Waals surface area (Å²) in [6.45, 7) is 2.75. The van der Waals surface area contributed by atoms with Crippen molar-refractivity contribution in [3.05, 3.63) is 51.9 Å². The molecular weight excluding hydrogens is 398 g/mol. The van der Waals surface area contributed by atoms with E-state index in [1.54, 1.807) is 37.4 Å². The first-order valence-electron chi connectivity index (χ1n) is 9.12. The molecule has 4 rings (SSSR count). The number of nitrogens with zero attached hydrogens (tertiary/aromatic N) is 3. The van der Waals surface area contributed by atoms with Crippen molar-refractivity contribution in [1.29, 1.82) is 0 Å². The molecule has 10 heteroatoms. The summed E-state index contributed by atoms with van der Waals surface area (Å²) in [5.41, 5.74) is 0.787. The van der Waals surface area contributed by atoms with E-state index in [1.165, 1.54) is 13.8 Å². The zero-order valence-corrected chi connectivity index (χ0v) is 16.9. The molecule has 1 amide bonds. The van der Waals surface area contributed by atoms with Gasteiger partial charge in [0, 0.05) is 38.4 Å². The highest BCUT2D eigenvalue weighted by molar-refractivity contribution is 7.88. The summed E-state index contributed by atoms with van der Waals surface area (Å²) in [6, 6.07) is 6.85. The van der Waals surface area contributed by atoms with Gasteiger partial charge in [-0.1, -0.05) is 0 Å². The predicted molar refractivity (Wildman–Crippen MR) is 105 cm³/mol. The van der Waals surface area contributed by atoms with Crippen molar-refractivity contribution in [2.75, 3.05) is 39.2 Å². The fourth-order valence-corrected chi connectivity index (χ4v) is 4.33. The number of carbonyl (C=O) groups is 1. The maximum Gasteiger partial charge on any atom is 0.268 e. The summed E-state index contributed by atoms with van der Waals surface area (Å²) in [7, 11) is -3.30. The van der Waals surface area contributed by atoms with Gasteiger partial charge in [0.15, 0.2) is 11.5 Å². The van der Waals surface area contributed by atoms with E-state index < -0.39 is 21.5 Å².